The summed E-state index contributed by atoms with van der Waals surface area (Å²) in [5.74, 6) is -0.206. The first-order chi connectivity index (χ1) is 15.8. The summed E-state index contributed by atoms with van der Waals surface area (Å²) >= 11 is 18.7. The molecule has 0 amide bonds. The minimum atomic E-state index is -0.684. The maximum absolute atomic E-state index is 14.2. The van der Waals surface area contributed by atoms with Crippen LogP contribution in [-0.2, 0) is 0 Å². The number of aromatic nitrogens is 5. The zero-order valence-electron chi connectivity index (χ0n) is 16.9. The van der Waals surface area contributed by atoms with E-state index in [0.717, 1.165) is 0 Å². The van der Waals surface area contributed by atoms with Crippen molar-refractivity contribution in [3.05, 3.63) is 86.0 Å². The maximum Gasteiger partial charge on any atom is 0.264 e. The number of rotatable bonds is 4. The van der Waals surface area contributed by atoms with Crippen LogP contribution in [0.1, 0.15) is 18.7 Å². The van der Waals surface area contributed by atoms with E-state index in [2.05, 4.69) is 25.3 Å². The van der Waals surface area contributed by atoms with Gasteiger partial charge in [0.2, 0.25) is 0 Å². The first-order valence-corrected chi connectivity index (χ1v) is 10.9. The molecule has 11 heteroatoms. The van der Waals surface area contributed by atoms with E-state index < -0.39 is 17.4 Å². The predicted molar refractivity (Wildman–Crippen MR) is 128 cm³/mol. The van der Waals surface area contributed by atoms with Crippen molar-refractivity contribution >= 4 is 62.6 Å². The molecule has 7 nitrogen and oxygen atoms in total. The molecule has 3 heterocycles. The fraction of sp³-hybridized carbons (Fsp3) is 0.0909. The Bertz CT molecular complexity index is 1600. The van der Waals surface area contributed by atoms with E-state index in [4.69, 9.17) is 34.8 Å². The largest absolute Gasteiger partial charge is 0.360 e. The summed E-state index contributed by atoms with van der Waals surface area (Å²) in [6.07, 6.45) is 2.92. The Labute approximate surface area is 201 Å². The van der Waals surface area contributed by atoms with Crippen molar-refractivity contribution in [2.75, 3.05) is 5.32 Å². The van der Waals surface area contributed by atoms with Crippen LogP contribution in [0.2, 0.25) is 15.1 Å². The number of H-pyrrole nitrogens is 1. The molecule has 0 saturated heterocycles. The third kappa shape index (κ3) is 3.70. The number of halogens is 4. The molecular formula is C22H14Cl3FN6O. The van der Waals surface area contributed by atoms with E-state index in [1.54, 1.807) is 18.2 Å². The molecule has 5 rings (SSSR count). The molecule has 166 valence electrons. The second-order valence-corrected chi connectivity index (χ2v) is 8.54. The third-order valence-electron chi connectivity index (χ3n) is 5.27. The normalized spacial score (nSPS) is 12.4. The van der Waals surface area contributed by atoms with Crippen molar-refractivity contribution in [3.8, 4) is 5.69 Å². The van der Waals surface area contributed by atoms with Gasteiger partial charge >= 0.3 is 0 Å². The van der Waals surface area contributed by atoms with Gasteiger partial charge in [-0.15, -0.1) is 0 Å². The molecule has 0 aliphatic carbocycles. The molecule has 5 aromatic rings. The highest BCUT2D eigenvalue weighted by molar-refractivity contribution is 6.36. The number of anilines is 1. The fourth-order valence-electron chi connectivity index (χ4n) is 3.74. The molecule has 0 aliphatic rings. The lowest BCUT2D eigenvalue weighted by Crippen LogP contribution is -2.26. The van der Waals surface area contributed by atoms with Crippen LogP contribution in [0, 0.1) is 5.82 Å². The van der Waals surface area contributed by atoms with Gasteiger partial charge in [-0.3, -0.25) is 9.36 Å². The number of hydrogen-bond donors (Lipinski definition) is 2. The minimum absolute atomic E-state index is 0.0513. The summed E-state index contributed by atoms with van der Waals surface area (Å²) in [5.41, 5.74) is 1.52. The van der Waals surface area contributed by atoms with E-state index in [1.807, 2.05) is 6.92 Å². The lowest BCUT2D eigenvalue weighted by Gasteiger charge is -2.22. The molecule has 0 saturated carbocycles. The van der Waals surface area contributed by atoms with Gasteiger partial charge in [0.05, 0.1) is 33.5 Å². The number of nitrogens with one attached hydrogen (secondary N) is 2. The summed E-state index contributed by atoms with van der Waals surface area (Å²) in [6, 6.07) is 8.81. The minimum Gasteiger partial charge on any atom is -0.360 e. The van der Waals surface area contributed by atoms with Crippen molar-refractivity contribution in [1.82, 2.24) is 24.5 Å². The van der Waals surface area contributed by atoms with Crippen molar-refractivity contribution < 1.29 is 4.39 Å². The molecule has 2 aromatic carbocycles. The number of aromatic amines is 1. The molecular weight excluding hydrogens is 490 g/mol. The number of hydrogen-bond acceptors (Lipinski definition) is 5. The van der Waals surface area contributed by atoms with Gasteiger partial charge in [-0.25, -0.2) is 19.3 Å². The van der Waals surface area contributed by atoms with Gasteiger partial charge in [0.25, 0.3) is 5.56 Å². The molecule has 0 aliphatic heterocycles. The molecule has 0 spiro atoms. The highest BCUT2D eigenvalue weighted by atomic mass is 35.5. The van der Waals surface area contributed by atoms with Gasteiger partial charge < -0.3 is 10.3 Å². The number of benzene rings is 2. The fourth-order valence-corrected chi connectivity index (χ4v) is 4.48. The molecule has 0 unspecified atom stereocenters. The molecule has 33 heavy (non-hydrogen) atoms. The van der Waals surface area contributed by atoms with E-state index >= 15 is 0 Å². The standard InChI is InChI=1S/C22H14Cl3FN6O/c1-10(31-21-19-20(28-8-27-19)29-9-30-21)16-6-11-2-4-14(26)18(25)17(11)22(33)32(16)15-5-3-12(23)7-13(15)24/h2-10H,1H3,(H2,27,28,29,30,31)/t10-/m1/s1. The van der Waals surface area contributed by atoms with Gasteiger partial charge in [-0.1, -0.05) is 40.9 Å². The van der Waals surface area contributed by atoms with Crippen molar-refractivity contribution in [2.24, 2.45) is 0 Å². The third-order valence-corrected chi connectivity index (χ3v) is 6.18. The van der Waals surface area contributed by atoms with Crippen molar-refractivity contribution in [3.63, 3.8) is 0 Å². The van der Waals surface area contributed by atoms with Gasteiger partial charge in [-0.05, 0) is 42.6 Å². The quantitative estimate of drug-likeness (QED) is 0.317. The highest BCUT2D eigenvalue weighted by Crippen LogP contribution is 2.32. The summed E-state index contributed by atoms with van der Waals surface area (Å²) < 4.78 is 15.6. The summed E-state index contributed by atoms with van der Waals surface area (Å²) in [4.78, 5) is 29.2. The molecule has 0 fully saturated rings. The number of fused-ring (bicyclic) bond motifs is 2. The maximum atomic E-state index is 14.2. The second kappa shape index (κ2) is 8.30. The number of imidazole rings is 1. The van der Waals surface area contributed by atoms with Gasteiger partial charge in [0, 0.05) is 10.7 Å². The lowest BCUT2D eigenvalue weighted by atomic mass is 10.1. The monoisotopic (exact) mass is 502 g/mol. The van der Waals surface area contributed by atoms with Gasteiger partial charge in [-0.2, -0.15) is 0 Å². The Balaban J connectivity index is 1.76. The number of nitrogens with zero attached hydrogens (tertiary/aromatic N) is 4. The molecule has 0 bridgehead atoms. The van der Waals surface area contributed by atoms with Crippen LogP contribution in [0.4, 0.5) is 10.2 Å². The van der Waals surface area contributed by atoms with E-state index in [0.29, 0.717) is 38.8 Å². The van der Waals surface area contributed by atoms with E-state index in [9.17, 15) is 9.18 Å². The highest BCUT2D eigenvalue weighted by Gasteiger charge is 2.21. The van der Waals surface area contributed by atoms with Crippen LogP contribution in [0.5, 0.6) is 0 Å². The van der Waals surface area contributed by atoms with Crippen molar-refractivity contribution in [2.45, 2.75) is 13.0 Å². The van der Waals surface area contributed by atoms with Crippen molar-refractivity contribution in [1.29, 1.82) is 0 Å². The topological polar surface area (TPSA) is 88.5 Å². The SMILES string of the molecule is C[C@@H](Nc1ncnc2[nH]cnc12)c1cc2ccc(F)c(Cl)c2c(=O)n1-c1ccc(Cl)cc1Cl. The first kappa shape index (κ1) is 21.6. The zero-order chi connectivity index (χ0) is 23.3. The predicted octanol–water partition coefficient (Wildman–Crippen LogP) is 5.93. The van der Waals surface area contributed by atoms with Crippen LogP contribution >= 0.6 is 34.8 Å². The second-order valence-electron chi connectivity index (χ2n) is 7.32. The van der Waals surface area contributed by atoms with Crippen LogP contribution in [0.25, 0.3) is 27.6 Å². The number of pyridine rings is 1. The molecule has 0 radical (unpaired) electrons. The Morgan fingerprint density at radius 2 is 1.91 bits per heavy atom. The van der Waals surface area contributed by atoms with Crippen LogP contribution in [0.3, 0.4) is 0 Å². The Morgan fingerprint density at radius 1 is 1.09 bits per heavy atom. The van der Waals surface area contributed by atoms with Crippen LogP contribution in [0.15, 0.2) is 53.8 Å². The average molecular weight is 504 g/mol. The summed E-state index contributed by atoms with van der Waals surface area (Å²) in [6.45, 7) is 1.85. The van der Waals surface area contributed by atoms with Crippen LogP contribution < -0.4 is 10.9 Å². The summed E-state index contributed by atoms with van der Waals surface area (Å²) in [5, 5.41) is 4.23. The molecule has 2 N–H and O–H groups in total. The Morgan fingerprint density at radius 3 is 2.70 bits per heavy atom. The summed E-state index contributed by atoms with van der Waals surface area (Å²) in [7, 11) is 0. The van der Waals surface area contributed by atoms with Crippen LogP contribution in [-0.4, -0.2) is 24.5 Å². The average Bonchev–Trinajstić information content (AvgIpc) is 3.27. The Kier molecular flexibility index (Phi) is 5.44. The van der Waals surface area contributed by atoms with Gasteiger partial charge in [0.1, 0.15) is 17.7 Å². The first-order valence-electron chi connectivity index (χ1n) is 9.75. The van der Waals surface area contributed by atoms with Gasteiger partial charge in [0.15, 0.2) is 11.5 Å². The zero-order valence-corrected chi connectivity index (χ0v) is 19.2. The Hall–Kier alpha value is -3.20. The van der Waals surface area contributed by atoms with E-state index in [1.165, 1.54) is 35.4 Å². The smallest absolute Gasteiger partial charge is 0.264 e. The lowest BCUT2D eigenvalue weighted by molar-refractivity contribution is 0.629. The molecule has 3 aromatic heterocycles. The van der Waals surface area contributed by atoms with E-state index in [-0.39, 0.29) is 15.4 Å². The molecule has 1 atom stereocenters.